The van der Waals surface area contributed by atoms with Crippen LogP contribution in [0.25, 0.3) is 10.8 Å². The van der Waals surface area contributed by atoms with Crippen molar-refractivity contribution in [2.75, 3.05) is 6.54 Å². The first kappa shape index (κ1) is 16.9. The SMILES string of the molecule is O=C(O)CCCCNS(=O)(=O)c1ccc(Br)c2ccccc12. The quantitative estimate of drug-likeness (QED) is 0.717. The number of sulfonamides is 1. The summed E-state index contributed by atoms with van der Waals surface area (Å²) in [5.74, 6) is -0.873. The van der Waals surface area contributed by atoms with Gasteiger partial charge in [0.15, 0.2) is 0 Å². The molecule has 2 N–H and O–H groups in total. The Morgan fingerprint density at radius 2 is 1.77 bits per heavy atom. The van der Waals surface area contributed by atoms with Gasteiger partial charge in [-0.2, -0.15) is 0 Å². The molecule has 0 unspecified atom stereocenters. The first-order chi connectivity index (χ1) is 10.4. The van der Waals surface area contributed by atoms with Crippen LogP contribution < -0.4 is 4.72 Å². The third-order valence-corrected chi connectivity index (χ3v) is 5.44. The predicted octanol–water partition coefficient (Wildman–Crippen LogP) is 3.14. The van der Waals surface area contributed by atoms with E-state index in [1.54, 1.807) is 24.3 Å². The van der Waals surface area contributed by atoms with Crippen molar-refractivity contribution in [2.24, 2.45) is 0 Å². The van der Waals surface area contributed by atoms with E-state index in [0.29, 0.717) is 18.2 Å². The maximum Gasteiger partial charge on any atom is 0.303 e. The summed E-state index contributed by atoms with van der Waals surface area (Å²) in [4.78, 5) is 10.6. The standard InChI is InChI=1S/C15H16BrNO4S/c16-13-8-9-14(12-6-2-1-5-11(12)13)22(20,21)17-10-4-3-7-15(18)19/h1-2,5-6,8-9,17H,3-4,7,10H2,(H,18,19). The molecular formula is C15H16BrNO4S. The van der Waals surface area contributed by atoms with Gasteiger partial charge in [-0.1, -0.05) is 40.2 Å². The minimum atomic E-state index is -3.62. The number of carboxylic acid groups (broad SMARTS) is 1. The monoisotopic (exact) mass is 385 g/mol. The molecule has 0 spiro atoms. The number of carboxylic acids is 1. The molecule has 2 aromatic carbocycles. The molecule has 5 nitrogen and oxygen atoms in total. The molecule has 2 aromatic rings. The summed E-state index contributed by atoms with van der Waals surface area (Å²) >= 11 is 3.41. The van der Waals surface area contributed by atoms with Gasteiger partial charge in [0.05, 0.1) is 4.90 Å². The van der Waals surface area contributed by atoms with Crippen molar-refractivity contribution < 1.29 is 18.3 Å². The second-order valence-corrected chi connectivity index (χ2v) is 7.43. The van der Waals surface area contributed by atoms with Gasteiger partial charge in [0, 0.05) is 22.8 Å². The molecule has 0 aromatic heterocycles. The maximum absolute atomic E-state index is 12.4. The molecule has 0 aliphatic carbocycles. The van der Waals surface area contributed by atoms with E-state index in [1.165, 1.54) is 0 Å². The second kappa shape index (κ2) is 7.21. The number of nitrogens with one attached hydrogen (secondary N) is 1. The van der Waals surface area contributed by atoms with Crippen molar-refractivity contribution in [3.63, 3.8) is 0 Å². The van der Waals surface area contributed by atoms with Gasteiger partial charge < -0.3 is 5.11 Å². The summed E-state index contributed by atoms with van der Waals surface area (Å²) in [7, 11) is -3.62. The molecule has 0 aliphatic heterocycles. The van der Waals surface area contributed by atoms with E-state index in [-0.39, 0.29) is 17.9 Å². The van der Waals surface area contributed by atoms with Crippen LogP contribution in [0, 0.1) is 0 Å². The fourth-order valence-electron chi connectivity index (χ4n) is 2.15. The predicted molar refractivity (Wildman–Crippen MR) is 88.3 cm³/mol. The molecule has 0 fully saturated rings. The molecule has 0 amide bonds. The number of hydrogen-bond acceptors (Lipinski definition) is 3. The molecule has 0 aliphatic rings. The topological polar surface area (TPSA) is 83.5 Å². The van der Waals surface area contributed by atoms with Gasteiger partial charge in [0.25, 0.3) is 0 Å². The molecular weight excluding hydrogens is 370 g/mol. The maximum atomic E-state index is 12.4. The fourth-order valence-corrected chi connectivity index (χ4v) is 3.92. The molecule has 0 bridgehead atoms. The highest BCUT2D eigenvalue weighted by atomic mass is 79.9. The lowest BCUT2D eigenvalue weighted by Gasteiger charge is -2.10. The molecule has 0 atom stereocenters. The number of carbonyl (C=O) groups is 1. The summed E-state index contributed by atoms with van der Waals surface area (Å²) in [5, 5.41) is 10.0. The van der Waals surface area contributed by atoms with E-state index < -0.39 is 16.0 Å². The van der Waals surface area contributed by atoms with Crippen molar-refractivity contribution >= 4 is 42.7 Å². The number of aliphatic carboxylic acids is 1. The summed E-state index contributed by atoms with van der Waals surface area (Å²) in [6.07, 6.45) is 0.974. The summed E-state index contributed by atoms with van der Waals surface area (Å²) in [5.41, 5.74) is 0. The van der Waals surface area contributed by atoms with Crippen LogP contribution in [0.5, 0.6) is 0 Å². The third-order valence-electron chi connectivity index (χ3n) is 3.23. The first-order valence-corrected chi connectivity index (χ1v) is 9.08. The normalized spacial score (nSPS) is 11.7. The van der Waals surface area contributed by atoms with E-state index in [4.69, 9.17) is 5.11 Å². The molecule has 0 heterocycles. The third kappa shape index (κ3) is 4.06. The number of benzene rings is 2. The highest BCUT2D eigenvalue weighted by molar-refractivity contribution is 9.10. The average Bonchev–Trinajstić information content (AvgIpc) is 2.47. The smallest absolute Gasteiger partial charge is 0.303 e. The summed E-state index contributed by atoms with van der Waals surface area (Å²) in [6, 6.07) is 10.5. The second-order valence-electron chi connectivity index (χ2n) is 4.84. The zero-order valence-corrected chi connectivity index (χ0v) is 14.2. The van der Waals surface area contributed by atoms with Crippen molar-refractivity contribution in [1.82, 2.24) is 4.72 Å². The number of unbranched alkanes of at least 4 members (excludes halogenated alkanes) is 1. The Balaban J connectivity index is 2.16. The average molecular weight is 386 g/mol. The molecule has 2 rings (SSSR count). The molecule has 118 valence electrons. The highest BCUT2D eigenvalue weighted by Gasteiger charge is 2.17. The Kier molecular flexibility index (Phi) is 5.55. The molecule has 0 saturated carbocycles. The number of halogens is 1. The van der Waals surface area contributed by atoms with Crippen LogP contribution in [0.15, 0.2) is 45.8 Å². The van der Waals surface area contributed by atoms with E-state index in [2.05, 4.69) is 20.7 Å². The van der Waals surface area contributed by atoms with Gasteiger partial charge in [-0.15, -0.1) is 0 Å². The minimum Gasteiger partial charge on any atom is -0.481 e. The van der Waals surface area contributed by atoms with Gasteiger partial charge in [-0.3, -0.25) is 4.79 Å². The molecule has 7 heteroatoms. The Bertz CT molecular complexity index is 789. The van der Waals surface area contributed by atoms with Gasteiger partial charge >= 0.3 is 5.97 Å². The number of fused-ring (bicyclic) bond motifs is 1. The molecule has 22 heavy (non-hydrogen) atoms. The fraction of sp³-hybridized carbons (Fsp3) is 0.267. The van der Waals surface area contributed by atoms with Crippen LogP contribution in [-0.4, -0.2) is 26.0 Å². The molecule has 0 radical (unpaired) electrons. The zero-order chi connectivity index (χ0) is 16.2. The van der Waals surface area contributed by atoms with Crippen LogP contribution in [0.1, 0.15) is 19.3 Å². The number of hydrogen-bond donors (Lipinski definition) is 2. The van der Waals surface area contributed by atoms with Crippen LogP contribution >= 0.6 is 15.9 Å². The zero-order valence-electron chi connectivity index (χ0n) is 11.8. The van der Waals surface area contributed by atoms with E-state index in [1.807, 2.05) is 12.1 Å². The lowest BCUT2D eigenvalue weighted by molar-refractivity contribution is -0.137. The van der Waals surface area contributed by atoms with Crippen LogP contribution in [0.4, 0.5) is 0 Å². The van der Waals surface area contributed by atoms with Crippen LogP contribution in [0.3, 0.4) is 0 Å². The largest absolute Gasteiger partial charge is 0.481 e. The minimum absolute atomic E-state index is 0.0446. The van der Waals surface area contributed by atoms with Crippen molar-refractivity contribution in [3.8, 4) is 0 Å². The highest BCUT2D eigenvalue weighted by Crippen LogP contribution is 2.29. The van der Waals surface area contributed by atoms with E-state index in [9.17, 15) is 13.2 Å². The summed E-state index contributed by atoms with van der Waals surface area (Å²) in [6.45, 7) is 0.222. The lowest BCUT2D eigenvalue weighted by atomic mass is 10.1. The van der Waals surface area contributed by atoms with Crippen molar-refractivity contribution in [3.05, 3.63) is 40.9 Å². The summed E-state index contributed by atoms with van der Waals surface area (Å²) < 4.78 is 28.2. The Morgan fingerprint density at radius 1 is 1.09 bits per heavy atom. The number of rotatable bonds is 7. The van der Waals surface area contributed by atoms with Crippen LogP contribution in [-0.2, 0) is 14.8 Å². The van der Waals surface area contributed by atoms with Crippen molar-refractivity contribution in [1.29, 1.82) is 0 Å². The lowest BCUT2D eigenvalue weighted by Crippen LogP contribution is -2.25. The van der Waals surface area contributed by atoms with Gasteiger partial charge in [0.1, 0.15) is 0 Å². The van der Waals surface area contributed by atoms with E-state index in [0.717, 1.165) is 9.86 Å². The van der Waals surface area contributed by atoms with Gasteiger partial charge in [-0.25, -0.2) is 13.1 Å². The van der Waals surface area contributed by atoms with Crippen molar-refractivity contribution in [2.45, 2.75) is 24.2 Å². The Hall–Kier alpha value is -1.44. The van der Waals surface area contributed by atoms with Crippen LogP contribution in [0.2, 0.25) is 0 Å². The molecule has 0 saturated heterocycles. The Labute approximate surface area is 137 Å². The van der Waals surface area contributed by atoms with E-state index >= 15 is 0 Å². The van der Waals surface area contributed by atoms with Gasteiger partial charge in [0.2, 0.25) is 10.0 Å². The first-order valence-electron chi connectivity index (χ1n) is 6.80. The Morgan fingerprint density at radius 3 is 2.45 bits per heavy atom. The van der Waals surface area contributed by atoms with Gasteiger partial charge in [-0.05, 0) is 30.4 Å².